The highest BCUT2D eigenvalue weighted by atomic mass is 16.5. The van der Waals surface area contributed by atoms with Crippen LogP contribution in [0.25, 0.3) is 0 Å². The standard InChI is InChI=1S/C11H18O3/c1-4-10(12)9-6-8(5-7(9)2)11(13)14-3/h4,7-10,12H,1,5-6H2,2-3H3. The molecule has 1 N–H and O–H groups in total. The summed E-state index contributed by atoms with van der Waals surface area (Å²) < 4.78 is 4.70. The molecule has 0 aromatic carbocycles. The van der Waals surface area contributed by atoms with Gasteiger partial charge in [-0.1, -0.05) is 13.0 Å². The van der Waals surface area contributed by atoms with Gasteiger partial charge in [0, 0.05) is 0 Å². The number of hydrogen-bond acceptors (Lipinski definition) is 3. The molecule has 1 fully saturated rings. The Kier molecular flexibility index (Phi) is 3.69. The van der Waals surface area contributed by atoms with E-state index in [1.165, 1.54) is 7.11 Å². The summed E-state index contributed by atoms with van der Waals surface area (Å²) in [6, 6.07) is 0. The Morgan fingerprint density at radius 3 is 2.79 bits per heavy atom. The first-order chi connectivity index (χ1) is 6.60. The maximum atomic E-state index is 11.3. The zero-order valence-electron chi connectivity index (χ0n) is 8.77. The van der Waals surface area contributed by atoms with Crippen LogP contribution >= 0.6 is 0 Å². The quantitative estimate of drug-likeness (QED) is 0.550. The summed E-state index contributed by atoms with van der Waals surface area (Å²) in [7, 11) is 1.41. The molecule has 3 heteroatoms. The molecule has 0 saturated heterocycles. The van der Waals surface area contributed by atoms with Crippen molar-refractivity contribution >= 4 is 5.97 Å². The van der Waals surface area contributed by atoms with E-state index in [-0.39, 0.29) is 17.8 Å². The largest absolute Gasteiger partial charge is 0.469 e. The van der Waals surface area contributed by atoms with Gasteiger partial charge in [0.15, 0.2) is 0 Å². The number of ether oxygens (including phenoxy) is 1. The Labute approximate surface area is 84.8 Å². The third kappa shape index (κ3) is 2.15. The number of aliphatic hydroxyl groups is 1. The number of carbonyl (C=O) groups excluding carboxylic acids is 1. The summed E-state index contributed by atoms with van der Waals surface area (Å²) in [5, 5.41) is 9.63. The molecule has 0 bridgehead atoms. The van der Waals surface area contributed by atoms with Crippen molar-refractivity contribution in [1.29, 1.82) is 0 Å². The van der Waals surface area contributed by atoms with E-state index in [4.69, 9.17) is 4.74 Å². The van der Waals surface area contributed by atoms with Crippen molar-refractivity contribution in [3.8, 4) is 0 Å². The highest BCUT2D eigenvalue weighted by Crippen LogP contribution is 2.38. The molecule has 3 nitrogen and oxygen atoms in total. The Morgan fingerprint density at radius 1 is 1.64 bits per heavy atom. The minimum Gasteiger partial charge on any atom is -0.469 e. The molecule has 1 aliphatic rings. The van der Waals surface area contributed by atoms with Crippen LogP contribution in [0.15, 0.2) is 12.7 Å². The van der Waals surface area contributed by atoms with Gasteiger partial charge in [-0.2, -0.15) is 0 Å². The van der Waals surface area contributed by atoms with E-state index >= 15 is 0 Å². The number of esters is 1. The van der Waals surface area contributed by atoms with Gasteiger partial charge < -0.3 is 9.84 Å². The average Bonchev–Trinajstić information content (AvgIpc) is 2.58. The Bertz CT molecular complexity index is 225. The second-order valence-electron chi connectivity index (χ2n) is 4.06. The lowest BCUT2D eigenvalue weighted by Gasteiger charge is -2.18. The molecule has 14 heavy (non-hydrogen) atoms. The fraction of sp³-hybridized carbons (Fsp3) is 0.727. The smallest absolute Gasteiger partial charge is 0.308 e. The van der Waals surface area contributed by atoms with Crippen molar-refractivity contribution in [3.63, 3.8) is 0 Å². The Morgan fingerprint density at radius 2 is 2.29 bits per heavy atom. The first-order valence-electron chi connectivity index (χ1n) is 4.98. The normalized spacial score (nSPS) is 33.8. The van der Waals surface area contributed by atoms with Crippen LogP contribution in [0, 0.1) is 17.8 Å². The molecule has 4 atom stereocenters. The molecule has 1 aliphatic carbocycles. The summed E-state index contributed by atoms with van der Waals surface area (Å²) in [4.78, 5) is 11.3. The number of rotatable bonds is 3. The van der Waals surface area contributed by atoms with Crippen LogP contribution in [0.4, 0.5) is 0 Å². The second kappa shape index (κ2) is 4.60. The van der Waals surface area contributed by atoms with Crippen LogP contribution in [-0.2, 0) is 9.53 Å². The van der Waals surface area contributed by atoms with Gasteiger partial charge >= 0.3 is 5.97 Å². The molecule has 1 rings (SSSR count). The van der Waals surface area contributed by atoms with Crippen molar-refractivity contribution < 1.29 is 14.6 Å². The van der Waals surface area contributed by atoms with E-state index in [9.17, 15) is 9.90 Å². The lowest BCUT2D eigenvalue weighted by Crippen LogP contribution is -2.20. The van der Waals surface area contributed by atoms with Crippen molar-refractivity contribution in [3.05, 3.63) is 12.7 Å². The van der Waals surface area contributed by atoms with Crippen LogP contribution in [-0.4, -0.2) is 24.3 Å². The average molecular weight is 198 g/mol. The molecular weight excluding hydrogens is 180 g/mol. The second-order valence-corrected chi connectivity index (χ2v) is 4.06. The molecule has 0 aliphatic heterocycles. The van der Waals surface area contributed by atoms with Gasteiger partial charge in [-0.05, 0) is 24.7 Å². The number of aliphatic hydroxyl groups excluding tert-OH is 1. The monoisotopic (exact) mass is 198 g/mol. The third-order valence-electron chi connectivity index (χ3n) is 3.16. The van der Waals surface area contributed by atoms with Gasteiger partial charge in [0.05, 0.1) is 19.1 Å². The highest BCUT2D eigenvalue weighted by Gasteiger charge is 2.38. The third-order valence-corrected chi connectivity index (χ3v) is 3.16. The zero-order valence-corrected chi connectivity index (χ0v) is 8.77. The van der Waals surface area contributed by atoms with Crippen molar-refractivity contribution in [2.75, 3.05) is 7.11 Å². The van der Waals surface area contributed by atoms with Crippen molar-refractivity contribution in [2.45, 2.75) is 25.9 Å². The zero-order chi connectivity index (χ0) is 10.7. The van der Waals surface area contributed by atoms with Gasteiger partial charge in [0.2, 0.25) is 0 Å². The molecule has 0 heterocycles. The summed E-state index contributed by atoms with van der Waals surface area (Å²) in [5.74, 6) is 0.300. The van der Waals surface area contributed by atoms with E-state index in [0.717, 1.165) is 6.42 Å². The maximum absolute atomic E-state index is 11.3. The SMILES string of the molecule is C=CC(O)C1CC(C(=O)OC)CC1C. The van der Waals surface area contributed by atoms with Crippen LogP contribution in [0.1, 0.15) is 19.8 Å². The summed E-state index contributed by atoms with van der Waals surface area (Å²) in [5.41, 5.74) is 0. The fourth-order valence-corrected chi connectivity index (χ4v) is 2.29. The van der Waals surface area contributed by atoms with Gasteiger partial charge in [0.1, 0.15) is 0 Å². The minimum absolute atomic E-state index is 0.0467. The lowest BCUT2D eigenvalue weighted by atomic mass is 9.92. The van der Waals surface area contributed by atoms with E-state index < -0.39 is 6.10 Å². The highest BCUT2D eigenvalue weighted by molar-refractivity contribution is 5.72. The van der Waals surface area contributed by atoms with Crippen LogP contribution in [0.2, 0.25) is 0 Å². The lowest BCUT2D eigenvalue weighted by molar-refractivity contribution is -0.145. The predicted octanol–water partition coefficient (Wildman–Crippen LogP) is 1.37. The number of methoxy groups -OCH3 is 1. The molecule has 0 amide bonds. The van der Waals surface area contributed by atoms with Crippen molar-refractivity contribution in [2.24, 2.45) is 17.8 Å². The predicted molar refractivity (Wildman–Crippen MR) is 53.6 cm³/mol. The van der Waals surface area contributed by atoms with Gasteiger partial charge in [-0.25, -0.2) is 0 Å². The first kappa shape index (κ1) is 11.2. The van der Waals surface area contributed by atoms with Crippen LogP contribution < -0.4 is 0 Å². The molecule has 0 aromatic rings. The molecule has 0 spiro atoms. The van der Waals surface area contributed by atoms with Crippen LogP contribution in [0.3, 0.4) is 0 Å². The first-order valence-corrected chi connectivity index (χ1v) is 4.98. The molecule has 0 aromatic heterocycles. The van der Waals surface area contributed by atoms with E-state index in [1.54, 1.807) is 6.08 Å². The Hall–Kier alpha value is -0.830. The van der Waals surface area contributed by atoms with Crippen molar-refractivity contribution in [1.82, 2.24) is 0 Å². The van der Waals surface area contributed by atoms with Gasteiger partial charge in [-0.15, -0.1) is 6.58 Å². The summed E-state index contributed by atoms with van der Waals surface area (Å²) in [6.07, 6.45) is 2.56. The number of carbonyl (C=O) groups is 1. The van der Waals surface area contributed by atoms with Gasteiger partial charge in [0.25, 0.3) is 0 Å². The van der Waals surface area contributed by atoms with Gasteiger partial charge in [-0.3, -0.25) is 4.79 Å². The molecule has 80 valence electrons. The van der Waals surface area contributed by atoms with E-state index in [1.807, 2.05) is 0 Å². The maximum Gasteiger partial charge on any atom is 0.308 e. The van der Waals surface area contributed by atoms with Crippen LogP contribution in [0.5, 0.6) is 0 Å². The fourth-order valence-electron chi connectivity index (χ4n) is 2.29. The van der Waals surface area contributed by atoms with E-state index in [0.29, 0.717) is 12.3 Å². The number of hydrogen-bond donors (Lipinski definition) is 1. The molecule has 0 radical (unpaired) electrons. The summed E-state index contributed by atoms with van der Waals surface area (Å²) >= 11 is 0. The topological polar surface area (TPSA) is 46.5 Å². The minimum atomic E-state index is -0.500. The molecular formula is C11H18O3. The molecule has 4 unspecified atom stereocenters. The van der Waals surface area contributed by atoms with E-state index in [2.05, 4.69) is 13.5 Å². The Balaban J connectivity index is 2.59. The molecule has 1 saturated carbocycles. The summed E-state index contributed by atoms with van der Waals surface area (Å²) in [6.45, 7) is 5.62.